The molecule has 2 heterocycles. The first-order valence-corrected chi connectivity index (χ1v) is 7.42. The quantitative estimate of drug-likeness (QED) is 0.891. The van der Waals surface area contributed by atoms with E-state index in [0.717, 1.165) is 22.6 Å². The minimum atomic E-state index is -1.00. The van der Waals surface area contributed by atoms with Gasteiger partial charge in [0.05, 0.1) is 11.4 Å². The highest BCUT2D eigenvalue weighted by Gasteiger charge is 2.12. The molecule has 0 atom stereocenters. The van der Waals surface area contributed by atoms with Crippen LogP contribution in [0.5, 0.6) is 0 Å². The Morgan fingerprint density at radius 1 is 1.11 bits per heavy atom. The fourth-order valence-corrected chi connectivity index (χ4v) is 3.20. The third-order valence-electron chi connectivity index (χ3n) is 2.53. The molecule has 0 aliphatic carbocycles. The Balaban J connectivity index is 1.95. The summed E-state index contributed by atoms with van der Waals surface area (Å²) in [5.41, 5.74) is 0. The number of nitrogens with one attached hydrogen (secondary N) is 1. The van der Waals surface area contributed by atoms with E-state index in [9.17, 15) is 9.59 Å². The first kappa shape index (κ1) is 13.8. The standard InChI is InChI=1S/C13H13NO3S2/c1-2-8-3-4-9(18-8)7-14-12(15)10-5-6-11(19-10)13(16)17/h3-6H,2,7H2,1H3,(H,14,15)(H,16,17). The lowest BCUT2D eigenvalue weighted by Crippen LogP contribution is -2.21. The van der Waals surface area contributed by atoms with Crippen LogP contribution in [0.1, 0.15) is 36.0 Å². The van der Waals surface area contributed by atoms with E-state index < -0.39 is 5.97 Å². The maximum absolute atomic E-state index is 11.8. The zero-order valence-corrected chi connectivity index (χ0v) is 11.9. The number of carboxylic acids is 1. The number of thiophene rings is 2. The number of hydrogen-bond acceptors (Lipinski definition) is 4. The van der Waals surface area contributed by atoms with Crippen molar-refractivity contribution in [2.45, 2.75) is 19.9 Å². The van der Waals surface area contributed by atoms with Crippen molar-refractivity contribution in [1.29, 1.82) is 0 Å². The monoisotopic (exact) mass is 295 g/mol. The fraction of sp³-hybridized carbons (Fsp3) is 0.231. The topological polar surface area (TPSA) is 66.4 Å². The zero-order valence-electron chi connectivity index (χ0n) is 10.3. The lowest BCUT2D eigenvalue weighted by atomic mass is 10.3. The maximum atomic E-state index is 11.8. The second-order valence-electron chi connectivity index (χ2n) is 3.87. The Kier molecular flexibility index (Phi) is 4.34. The van der Waals surface area contributed by atoms with E-state index >= 15 is 0 Å². The van der Waals surface area contributed by atoms with E-state index in [4.69, 9.17) is 5.11 Å². The lowest BCUT2D eigenvalue weighted by Gasteiger charge is -2.00. The van der Waals surface area contributed by atoms with Crippen molar-refractivity contribution in [3.05, 3.63) is 43.8 Å². The summed E-state index contributed by atoms with van der Waals surface area (Å²) in [4.78, 5) is 25.6. The SMILES string of the molecule is CCc1ccc(CNC(=O)c2ccc(C(=O)O)s2)s1. The zero-order chi connectivity index (χ0) is 13.8. The lowest BCUT2D eigenvalue weighted by molar-refractivity contribution is 0.0702. The molecular formula is C13H13NO3S2. The van der Waals surface area contributed by atoms with E-state index in [1.165, 1.54) is 17.0 Å². The highest BCUT2D eigenvalue weighted by atomic mass is 32.1. The summed E-state index contributed by atoms with van der Waals surface area (Å²) in [7, 11) is 0. The van der Waals surface area contributed by atoms with Gasteiger partial charge in [0.15, 0.2) is 0 Å². The van der Waals surface area contributed by atoms with Gasteiger partial charge in [-0.3, -0.25) is 4.79 Å². The maximum Gasteiger partial charge on any atom is 0.345 e. The molecule has 0 fully saturated rings. The van der Waals surface area contributed by atoms with E-state index in [-0.39, 0.29) is 10.8 Å². The number of amides is 1. The second kappa shape index (κ2) is 5.99. The number of rotatable bonds is 5. The summed E-state index contributed by atoms with van der Waals surface area (Å²) in [6, 6.07) is 7.04. The van der Waals surface area contributed by atoms with Gasteiger partial charge in [0.2, 0.25) is 0 Å². The van der Waals surface area contributed by atoms with Gasteiger partial charge >= 0.3 is 5.97 Å². The minimum absolute atomic E-state index is 0.176. The smallest absolute Gasteiger partial charge is 0.345 e. The van der Waals surface area contributed by atoms with Crippen molar-refractivity contribution in [3.63, 3.8) is 0 Å². The van der Waals surface area contributed by atoms with Crippen LogP contribution in [-0.4, -0.2) is 17.0 Å². The third kappa shape index (κ3) is 3.42. The first-order valence-electron chi connectivity index (χ1n) is 5.79. The molecule has 0 aromatic carbocycles. The number of aryl methyl sites for hydroxylation is 1. The highest BCUT2D eigenvalue weighted by Crippen LogP contribution is 2.18. The number of carbonyl (C=O) groups excluding carboxylic acids is 1. The van der Waals surface area contributed by atoms with E-state index in [2.05, 4.69) is 18.3 Å². The molecular weight excluding hydrogens is 282 g/mol. The largest absolute Gasteiger partial charge is 0.477 e. The molecule has 0 aliphatic rings. The molecule has 0 aliphatic heterocycles. The number of carbonyl (C=O) groups is 2. The molecule has 0 unspecified atom stereocenters. The summed E-state index contributed by atoms with van der Waals surface area (Å²) in [5.74, 6) is -1.24. The summed E-state index contributed by atoms with van der Waals surface area (Å²) >= 11 is 2.66. The molecule has 6 heteroatoms. The second-order valence-corrected chi connectivity index (χ2v) is 6.21. The molecule has 19 heavy (non-hydrogen) atoms. The Labute approximate surface area is 118 Å². The summed E-state index contributed by atoms with van der Waals surface area (Å²) in [6.45, 7) is 2.57. The summed E-state index contributed by atoms with van der Waals surface area (Å²) in [5, 5.41) is 11.6. The summed E-state index contributed by atoms with van der Waals surface area (Å²) in [6.07, 6.45) is 0.992. The molecule has 2 N–H and O–H groups in total. The van der Waals surface area contributed by atoms with Crippen molar-refractivity contribution in [3.8, 4) is 0 Å². The summed E-state index contributed by atoms with van der Waals surface area (Å²) < 4.78 is 0. The van der Waals surface area contributed by atoms with Gasteiger partial charge in [-0.2, -0.15) is 0 Å². The molecule has 0 saturated heterocycles. The Morgan fingerprint density at radius 2 is 1.79 bits per heavy atom. The van der Waals surface area contributed by atoms with E-state index in [1.54, 1.807) is 11.3 Å². The molecule has 0 saturated carbocycles. The molecule has 0 bridgehead atoms. The van der Waals surface area contributed by atoms with Crippen LogP contribution in [0.3, 0.4) is 0 Å². The molecule has 100 valence electrons. The molecule has 0 spiro atoms. The average Bonchev–Trinajstić information content (AvgIpc) is 3.04. The Hall–Kier alpha value is -1.66. The van der Waals surface area contributed by atoms with E-state index in [1.807, 2.05) is 6.07 Å². The van der Waals surface area contributed by atoms with E-state index in [0.29, 0.717) is 11.4 Å². The number of carboxylic acid groups (broad SMARTS) is 1. The molecule has 0 radical (unpaired) electrons. The Bertz CT molecular complexity index is 601. The molecule has 1 amide bonds. The van der Waals surface area contributed by atoms with Crippen molar-refractivity contribution in [2.75, 3.05) is 0 Å². The predicted molar refractivity (Wildman–Crippen MR) is 76.1 cm³/mol. The number of aromatic carboxylic acids is 1. The van der Waals surface area contributed by atoms with Crippen molar-refractivity contribution < 1.29 is 14.7 Å². The van der Waals surface area contributed by atoms with Crippen LogP contribution in [-0.2, 0) is 13.0 Å². The van der Waals surface area contributed by atoms with Crippen LogP contribution in [0.15, 0.2) is 24.3 Å². The predicted octanol–water partition coefficient (Wildman–Crippen LogP) is 3.00. The van der Waals surface area contributed by atoms with Crippen LogP contribution in [0, 0.1) is 0 Å². The third-order valence-corrected chi connectivity index (χ3v) is 4.83. The first-order chi connectivity index (χ1) is 9.10. The van der Waals surface area contributed by atoms with Gasteiger partial charge in [-0.1, -0.05) is 6.92 Å². The Morgan fingerprint density at radius 3 is 2.37 bits per heavy atom. The average molecular weight is 295 g/mol. The number of hydrogen-bond donors (Lipinski definition) is 2. The van der Waals surface area contributed by atoms with Crippen LogP contribution in [0.4, 0.5) is 0 Å². The fourth-order valence-electron chi connectivity index (χ4n) is 1.54. The molecule has 2 aromatic heterocycles. The van der Waals surface area contributed by atoms with Crippen molar-refractivity contribution in [1.82, 2.24) is 5.32 Å². The van der Waals surface area contributed by atoms with Crippen LogP contribution >= 0.6 is 22.7 Å². The van der Waals surface area contributed by atoms with Crippen LogP contribution in [0.2, 0.25) is 0 Å². The normalized spacial score (nSPS) is 10.4. The molecule has 2 rings (SSSR count). The highest BCUT2D eigenvalue weighted by molar-refractivity contribution is 7.15. The van der Waals surface area contributed by atoms with Crippen molar-refractivity contribution >= 4 is 34.6 Å². The van der Waals surface area contributed by atoms with Gasteiger partial charge in [-0.05, 0) is 30.7 Å². The minimum Gasteiger partial charge on any atom is -0.477 e. The molecule has 4 nitrogen and oxygen atoms in total. The van der Waals surface area contributed by atoms with Gasteiger partial charge < -0.3 is 10.4 Å². The van der Waals surface area contributed by atoms with Crippen LogP contribution in [0.25, 0.3) is 0 Å². The van der Waals surface area contributed by atoms with Crippen molar-refractivity contribution in [2.24, 2.45) is 0 Å². The van der Waals surface area contributed by atoms with Gasteiger partial charge in [0.1, 0.15) is 4.88 Å². The van der Waals surface area contributed by atoms with Gasteiger partial charge in [-0.15, -0.1) is 22.7 Å². The van der Waals surface area contributed by atoms with Crippen LogP contribution < -0.4 is 5.32 Å². The van der Waals surface area contributed by atoms with Gasteiger partial charge in [0.25, 0.3) is 5.91 Å². The van der Waals surface area contributed by atoms with Gasteiger partial charge in [0, 0.05) is 9.75 Å². The molecule has 2 aromatic rings. The van der Waals surface area contributed by atoms with Gasteiger partial charge in [-0.25, -0.2) is 4.79 Å².